The van der Waals surface area contributed by atoms with Crippen molar-refractivity contribution in [3.8, 4) is 0 Å². The van der Waals surface area contributed by atoms with Crippen molar-refractivity contribution in [3.05, 3.63) is 36.0 Å². The normalized spacial score (nSPS) is 11.2. The highest BCUT2D eigenvalue weighted by atomic mass is 32.2. The van der Waals surface area contributed by atoms with Gasteiger partial charge in [-0.1, -0.05) is 0 Å². The lowest BCUT2D eigenvalue weighted by atomic mass is 10.2. The molecule has 2 rings (SSSR count). The molecular formula is C11H12N4O4S. The largest absolute Gasteiger partial charge is 0.478 e. The van der Waals surface area contributed by atoms with Gasteiger partial charge in [-0.15, -0.1) is 0 Å². The summed E-state index contributed by atoms with van der Waals surface area (Å²) in [6, 6.07) is 5.01. The molecule has 0 aliphatic rings. The maximum atomic E-state index is 12.2. The first-order chi connectivity index (χ1) is 9.29. The minimum atomic E-state index is -4.05. The molecule has 0 spiro atoms. The maximum absolute atomic E-state index is 12.2. The van der Waals surface area contributed by atoms with E-state index >= 15 is 0 Å². The van der Waals surface area contributed by atoms with Crippen LogP contribution in [0.5, 0.6) is 0 Å². The van der Waals surface area contributed by atoms with Crippen LogP contribution >= 0.6 is 0 Å². The number of aryl methyl sites for hydroxylation is 1. The zero-order valence-electron chi connectivity index (χ0n) is 10.4. The fourth-order valence-corrected chi connectivity index (χ4v) is 2.79. The van der Waals surface area contributed by atoms with E-state index in [1.165, 1.54) is 16.8 Å². The van der Waals surface area contributed by atoms with E-state index in [-0.39, 0.29) is 16.4 Å². The van der Waals surface area contributed by atoms with Gasteiger partial charge < -0.3 is 10.8 Å². The highest BCUT2D eigenvalue weighted by Crippen LogP contribution is 2.21. The zero-order chi connectivity index (χ0) is 14.9. The summed E-state index contributed by atoms with van der Waals surface area (Å²) >= 11 is 0. The molecule has 8 nitrogen and oxygen atoms in total. The molecule has 0 unspecified atom stereocenters. The molecule has 0 radical (unpaired) electrons. The minimum absolute atomic E-state index is 0.0978. The van der Waals surface area contributed by atoms with Gasteiger partial charge >= 0.3 is 5.97 Å². The molecule has 106 valence electrons. The Kier molecular flexibility index (Phi) is 3.36. The number of carbonyl (C=O) groups is 1. The van der Waals surface area contributed by atoms with Crippen molar-refractivity contribution in [1.29, 1.82) is 0 Å². The van der Waals surface area contributed by atoms with Gasteiger partial charge in [0, 0.05) is 25.0 Å². The number of carboxylic acid groups (broad SMARTS) is 1. The topological polar surface area (TPSA) is 127 Å². The monoisotopic (exact) mass is 296 g/mol. The zero-order valence-corrected chi connectivity index (χ0v) is 11.3. The molecule has 0 bridgehead atoms. The summed E-state index contributed by atoms with van der Waals surface area (Å²) in [5.41, 5.74) is 5.24. The van der Waals surface area contributed by atoms with Crippen molar-refractivity contribution in [1.82, 2.24) is 9.78 Å². The molecule has 0 aliphatic heterocycles. The number of aromatic nitrogens is 2. The van der Waals surface area contributed by atoms with Crippen molar-refractivity contribution in [2.75, 3.05) is 10.5 Å². The number of benzene rings is 1. The van der Waals surface area contributed by atoms with Crippen LogP contribution in [-0.2, 0) is 17.1 Å². The van der Waals surface area contributed by atoms with Gasteiger partial charge in [0.05, 0.1) is 5.56 Å². The van der Waals surface area contributed by atoms with Gasteiger partial charge in [-0.2, -0.15) is 5.10 Å². The lowest BCUT2D eigenvalue weighted by Gasteiger charge is -2.09. The fraction of sp³-hybridized carbons (Fsp3) is 0.0909. The summed E-state index contributed by atoms with van der Waals surface area (Å²) in [5.74, 6) is -1.28. The average molecular weight is 296 g/mol. The van der Waals surface area contributed by atoms with Crippen molar-refractivity contribution < 1.29 is 18.3 Å². The van der Waals surface area contributed by atoms with Crippen molar-refractivity contribution >= 4 is 27.5 Å². The number of nitrogens with zero attached hydrogens (tertiary/aromatic N) is 2. The van der Waals surface area contributed by atoms with Crippen LogP contribution in [0.1, 0.15) is 10.4 Å². The van der Waals surface area contributed by atoms with Crippen LogP contribution < -0.4 is 10.5 Å². The van der Waals surface area contributed by atoms with Gasteiger partial charge in [0.25, 0.3) is 10.0 Å². The lowest BCUT2D eigenvalue weighted by Crippen LogP contribution is -2.17. The molecule has 0 fully saturated rings. The summed E-state index contributed by atoms with van der Waals surface area (Å²) in [5, 5.41) is 12.9. The van der Waals surface area contributed by atoms with E-state index in [2.05, 4.69) is 9.82 Å². The van der Waals surface area contributed by atoms with E-state index < -0.39 is 21.6 Å². The Morgan fingerprint density at radius 2 is 2.10 bits per heavy atom. The highest BCUT2D eigenvalue weighted by molar-refractivity contribution is 7.92. The SMILES string of the molecule is Cn1ccc(NS(=O)(=O)c2ccc(N)cc2C(=O)O)n1. The number of hydrogen-bond acceptors (Lipinski definition) is 5. The summed E-state index contributed by atoms with van der Waals surface area (Å²) in [6.07, 6.45) is 1.55. The number of anilines is 2. The van der Waals surface area contributed by atoms with Gasteiger partial charge in [0.15, 0.2) is 5.82 Å². The lowest BCUT2D eigenvalue weighted by molar-refractivity contribution is 0.0692. The molecule has 0 saturated heterocycles. The number of aromatic carboxylic acids is 1. The Balaban J connectivity index is 2.46. The first-order valence-electron chi connectivity index (χ1n) is 5.45. The number of nitrogens with one attached hydrogen (secondary N) is 1. The van der Waals surface area contributed by atoms with Gasteiger partial charge in [0.1, 0.15) is 4.90 Å². The number of rotatable bonds is 4. The number of hydrogen-bond donors (Lipinski definition) is 3. The molecule has 1 aromatic heterocycles. The van der Waals surface area contributed by atoms with Crippen LogP contribution in [0.3, 0.4) is 0 Å². The third-order valence-corrected chi connectivity index (χ3v) is 3.89. The van der Waals surface area contributed by atoms with E-state index in [0.29, 0.717) is 0 Å². The predicted molar refractivity (Wildman–Crippen MR) is 71.8 cm³/mol. The van der Waals surface area contributed by atoms with Crippen LogP contribution in [0.15, 0.2) is 35.4 Å². The third-order valence-electron chi connectivity index (χ3n) is 2.48. The molecule has 4 N–H and O–H groups in total. The van der Waals surface area contributed by atoms with E-state index in [1.54, 1.807) is 13.2 Å². The molecule has 2 aromatic rings. The minimum Gasteiger partial charge on any atom is -0.478 e. The van der Waals surface area contributed by atoms with Crippen molar-refractivity contribution in [2.45, 2.75) is 4.90 Å². The molecule has 20 heavy (non-hydrogen) atoms. The summed E-state index contributed by atoms with van der Waals surface area (Å²) in [6.45, 7) is 0. The van der Waals surface area contributed by atoms with Crippen LogP contribution in [0.25, 0.3) is 0 Å². The van der Waals surface area contributed by atoms with E-state index in [9.17, 15) is 13.2 Å². The standard InChI is InChI=1S/C11H12N4O4S/c1-15-5-4-10(13-15)14-20(18,19)9-3-2-7(12)6-8(9)11(16)17/h2-6H,12H2,1H3,(H,13,14)(H,16,17). The predicted octanol–water partition coefficient (Wildman–Crippen LogP) is 0.501. The molecule has 0 aliphatic carbocycles. The van der Waals surface area contributed by atoms with Crippen molar-refractivity contribution in [3.63, 3.8) is 0 Å². The van der Waals surface area contributed by atoms with Gasteiger partial charge in [-0.25, -0.2) is 13.2 Å². The van der Waals surface area contributed by atoms with E-state index in [4.69, 9.17) is 10.8 Å². The van der Waals surface area contributed by atoms with Gasteiger partial charge in [-0.3, -0.25) is 9.40 Å². The first kappa shape index (κ1) is 13.9. The van der Waals surface area contributed by atoms with Crippen LogP contribution in [0.4, 0.5) is 11.5 Å². The van der Waals surface area contributed by atoms with Gasteiger partial charge in [0.2, 0.25) is 0 Å². The highest BCUT2D eigenvalue weighted by Gasteiger charge is 2.23. The third kappa shape index (κ3) is 2.72. The molecule has 1 heterocycles. The Bertz CT molecular complexity index is 766. The molecule has 1 aromatic carbocycles. The summed E-state index contributed by atoms with van der Waals surface area (Å²) in [7, 11) is -2.43. The van der Waals surface area contributed by atoms with E-state index in [0.717, 1.165) is 12.1 Å². The van der Waals surface area contributed by atoms with Crippen LogP contribution in [0, 0.1) is 0 Å². The smallest absolute Gasteiger partial charge is 0.337 e. The van der Waals surface area contributed by atoms with E-state index in [1.807, 2.05) is 0 Å². The Hall–Kier alpha value is -2.55. The number of sulfonamides is 1. The Morgan fingerprint density at radius 1 is 1.40 bits per heavy atom. The van der Waals surface area contributed by atoms with Crippen LogP contribution in [-0.4, -0.2) is 29.3 Å². The summed E-state index contributed by atoms with van der Waals surface area (Å²) in [4.78, 5) is 10.7. The molecular weight excluding hydrogens is 284 g/mol. The molecule has 9 heteroatoms. The summed E-state index contributed by atoms with van der Waals surface area (Å²) < 4.78 is 28.0. The molecule has 0 amide bonds. The molecule has 0 saturated carbocycles. The second-order valence-electron chi connectivity index (χ2n) is 4.04. The van der Waals surface area contributed by atoms with Crippen molar-refractivity contribution in [2.24, 2.45) is 7.05 Å². The second-order valence-corrected chi connectivity index (χ2v) is 5.69. The number of nitrogen functional groups attached to an aromatic ring is 1. The fourth-order valence-electron chi connectivity index (χ4n) is 1.61. The number of carboxylic acids is 1. The number of nitrogens with two attached hydrogens (primary N) is 1. The second kappa shape index (κ2) is 4.85. The van der Waals surface area contributed by atoms with Gasteiger partial charge in [-0.05, 0) is 18.2 Å². The quantitative estimate of drug-likeness (QED) is 0.705. The average Bonchev–Trinajstić information content (AvgIpc) is 2.73. The molecule has 0 atom stereocenters. The maximum Gasteiger partial charge on any atom is 0.337 e. The Labute approximate surface area is 114 Å². The Morgan fingerprint density at radius 3 is 2.65 bits per heavy atom. The van der Waals surface area contributed by atoms with Crippen LogP contribution in [0.2, 0.25) is 0 Å². The first-order valence-corrected chi connectivity index (χ1v) is 6.93.